The van der Waals surface area contributed by atoms with Crippen molar-refractivity contribution in [2.45, 2.75) is 58.0 Å². The van der Waals surface area contributed by atoms with Crippen LogP contribution in [0.25, 0.3) is 22.2 Å². The number of halogens is 6. The van der Waals surface area contributed by atoms with Crippen molar-refractivity contribution in [3.05, 3.63) is 58.2 Å². The van der Waals surface area contributed by atoms with Crippen LogP contribution in [-0.2, 0) is 16.1 Å². The Labute approximate surface area is 258 Å². The topological polar surface area (TPSA) is 107 Å². The van der Waals surface area contributed by atoms with Crippen LogP contribution in [-0.4, -0.2) is 66.3 Å². The molecule has 1 aliphatic heterocycles. The molecule has 0 bridgehead atoms. The van der Waals surface area contributed by atoms with Crippen molar-refractivity contribution in [1.82, 2.24) is 29.4 Å². The number of alkyl halides is 3. The Balaban J connectivity index is 1.43. The number of nitrogens with one attached hydrogen (secondary N) is 1. The van der Waals surface area contributed by atoms with Crippen LogP contribution in [0.15, 0.2) is 36.8 Å². The summed E-state index contributed by atoms with van der Waals surface area (Å²) in [5.41, 5.74) is 0.968. The lowest BCUT2D eigenvalue weighted by Gasteiger charge is -2.33. The van der Waals surface area contributed by atoms with Gasteiger partial charge in [-0.2, -0.15) is 23.4 Å². The van der Waals surface area contributed by atoms with E-state index < -0.39 is 29.3 Å². The maximum atomic E-state index is 14.2. The molecule has 4 heterocycles. The standard InChI is InChI=1S/C28H27Cl2F4N7O3/c1-27(2,3)44-26(43)39-8-6-17(7-9-39)40-13-16(12-36-40)15-10-21-23(35-11-15)24(37-25(42)28(32,33)34)38-41(21)14-18-19(29)4-5-20(31)22(18)30/h4-5,10-13,17H,6-9,14H2,1-3H3,(H,37,38,42). The summed E-state index contributed by atoms with van der Waals surface area (Å²) in [6, 6.07) is 4.02. The Morgan fingerprint density at radius 3 is 2.45 bits per heavy atom. The predicted octanol–water partition coefficient (Wildman–Crippen LogP) is 6.86. The number of rotatable bonds is 5. The van der Waals surface area contributed by atoms with Crippen LogP contribution in [0.1, 0.15) is 45.2 Å². The molecule has 234 valence electrons. The number of fused-ring (bicyclic) bond motifs is 1. The van der Waals surface area contributed by atoms with Crippen LogP contribution in [0.2, 0.25) is 10.0 Å². The summed E-state index contributed by atoms with van der Waals surface area (Å²) >= 11 is 12.4. The number of carbonyl (C=O) groups is 2. The maximum absolute atomic E-state index is 14.2. The summed E-state index contributed by atoms with van der Waals surface area (Å²) in [5.74, 6) is -3.41. The fourth-order valence-electron chi connectivity index (χ4n) is 4.79. The molecule has 1 aromatic carbocycles. The minimum Gasteiger partial charge on any atom is -0.444 e. The van der Waals surface area contributed by atoms with Crippen molar-refractivity contribution in [3.63, 3.8) is 0 Å². The smallest absolute Gasteiger partial charge is 0.444 e. The third-order valence-corrected chi connectivity index (χ3v) is 7.71. The number of piperidine rings is 1. The lowest BCUT2D eigenvalue weighted by Crippen LogP contribution is -2.42. The van der Waals surface area contributed by atoms with Crippen LogP contribution in [0.4, 0.5) is 28.2 Å². The summed E-state index contributed by atoms with van der Waals surface area (Å²) < 4.78 is 61.8. The highest BCUT2D eigenvalue weighted by Gasteiger charge is 2.39. The SMILES string of the molecule is CC(C)(C)OC(=O)N1CCC(n2cc(-c3cnc4c(NC(=O)C(F)(F)F)nn(Cc5c(Cl)ccc(F)c5Cl)c4c3)cn2)CC1. The maximum Gasteiger partial charge on any atom is 0.471 e. The van der Waals surface area contributed by atoms with Gasteiger partial charge in [-0.15, -0.1) is 0 Å². The Kier molecular flexibility index (Phi) is 8.51. The van der Waals surface area contributed by atoms with Crippen molar-refractivity contribution in [1.29, 1.82) is 0 Å². The van der Waals surface area contributed by atoms with Gasteiger partial charge >= 0.3 is 18.2 Å². The van der Waals surface area contributed by atoms with E-state index in [1.165, 1.54) is 16.9 Å². The first-order chi connectivity index (χ1) is 20.6. The van der Waals surface area contributed by atoms with E-state index in [1.54, 1.807) is 27.2 Å². The number of aromatic nitrogens is 5. The number of hydrogen-bond donors (Lipinski definition) is 1. The number of carbonyl (C=O) groups excluding carboxylic acids is 2. The van der Waals surface area contributed by atoms with Gasteiger partial charge in [0, 0.05) is 47.2 Å². The van der Waals surface area contributed by atoms with Crippen LogP contribution in [0, 0.1) is 5.82 Å². The van der Waals surface area contributed by atoms with Gasteiger partial charge < -0.3 is 9.64 Å². The van der Waals surface area contributed by atoms with Crippen LogP contribution < -0.4 is 5.32 Å². The average Bonchev–Trinajstić information content (AvgIpc) is 3.57. The molecule has 0 radical (unpaired) electrons. The normalized spacial score (nSPS) is 14.7. The zero-order valence-corrected chi connectivity index (χ0v) is 25.3. The highest BCUT2D eigenvalue weighted by molar-refractivity contribution is 6.36. The summed E-state index contributed by atoms with van der Waals surface area (Å²) in [7, 11) is 0. The molecule has 2 amide bonds. The molecule has 3 aromatic heterocycles. The molecular weight excluding hydrogens is 629 g/mol. The second-order valence-electron chi connectivity index (χ2n) is 11.3. The largest absolute Gasteiger partial charge is 0.471 e. The van der Waals surface area contributed by atoms with Gasteiger partial charge in [0.25, 0.3) is 0 Å². The Morgan fingerprint density at radius 1 is 1.09 bits per heavy atom. The van der Waals surface area contributed by atoms with Gasteiger partial charge in [-0.3, -0.25) is 19.5 Å². The lowest BCUT2D eigenvalue weighted by molar-refractivity contribution is -0.167. The zero-order valence-electron chi connectivity index (χ0n) is 23.8. The number of benzene rings is 1. The van der Waals surface area contributed by atoms with Crippen LogP contribution in [0.3, 0.4) is 0 Å². The van der Waals surface area contributed by atoms with Gasteiger partial charge in [0.1, 0.15) is 16.9 Å². The van der Waals surface area contributed by atoms with Crippen molar-refractivity contribution < 1.29 is 31.9 Å². The molecule has 0 aliphatic carbocycles. The van der Waals surface area contributed by atoms with E-state index in [2.05, 4.69) is 15.2 Å². The Morgan fingerprint density at radius 2 is 1.80 bits per heavy atom. The average molecular weight is 656 g/mol. The number of hydrogen-bond acceptors (Lipinski definition) is 6. The monoisotopic (exact) mass is 655 g/mol. The Bertz CT molecular complexity index is 1720. The van der Waals surface area contributed by atoms with E-state index in [9.17, 15) is 27.2 Å². The van der Waals surface area contributed by atoms with Gasteiger partial charge in [-0.05, 0) is 51.8 Å². The molecule has 1 aliphatic rings. The number of nitrogens with zero attached hydrogens (tertiary/aromatic N) is 6. The zero-order chi connectivity index (χ0) is 32.0. The number of anilines is 1. The molecule has 5 rings (SSSR count). The van der Waals surface area contributed by atoms with E-state index in [-0.39, 0.29) is 45.3 Å². The molecule has 0 spiro atoms. The molecule has 1 N–H and O–H groups in total. The first kappa shape index (κ1) is 31.5. The highest BCUT2D eigenvalue weighted by Crippen LogP contribution is 2.33. The third-order valence-electron chi connectivity index (χ3n) is 6.95. The van der Waals surface area contributed by atoms with Gasteiger partial charge in [0.05, 0.1) is 29.3 Å². The van der Waals surface area contributed by atoms with Gasteiger partial charge in [-0.25, -0.2) is 14.2 Å². The minimum atomic E-state index is -5.16. The highest BCUT2D eigenvalue weighted by atomic mass is 35.5. The van der Waals surface area contributed by atoms with E-state index in [0.29, 0.717) is 37.1 Å². The molecule has 0 saturated carbocycles. The first-order valence-corrected chi connectivity index (χ1v) is 14.3. The lowest BCUT2D eigenvalue weighted by atomic mass is 10.1. The van der Waals surface area contributed by atoms with Crippen LogP contribution in [0.5, 0.6) is 0 Å². The Hall–Kier alpha value is -3.91. The molecule has 44 heavy (non-hydrogen) atoms. The van der Waals surface area contributed by atoms with Crippen molar-refractivity contribution in [3.8, 4) is 11.1 Å². The minimum absolute atomic E-state index is 0.0195. The van der Waals surface area contributed by atoms with E-state index in [4.69, 9.17) is 27.9 Å². The van der Waals surface area contributed by atoms with E-state index >= 15 is 0 Å². The molecule has 0 unspecified atom stereocenters. The van der Waals surface area contributed by atoms with Crippen molar-refractivity contribution >= 4 is 52.1 Å². The number of pyridine rings is 1. The molecular formula is C28H27Cl2F4N7O3. The van der Waals surface area contributed by atoms with E-state index in [0.717, 1.165) is 6.07 Å². The molecule has 4 aromatic rings. The second-order valence-corrected chi connectivity index (χ2v) is 12.1. The number of amides is 2. The quantitative estimate of drug-likeness (QED) is 0.186. The molecule has 1 fully saturated rings. The fraction of sp³-hybridized carbons (Fsp3) is 0.393. The van der Waals surface area contributed by atoms with Crippen LogP contribution >= 0.6 is 23.2 Å². The molecule has 16 heteroatoms. The second kappa shape index (κ2) is 11.9. The fourth-order valence-corrected chi connectivity index (χ4v) is 5.28. The summed E-state index contributed by atoms with van der Waals surface area (Å²) in [5, 5.41) is 10.2. The summed E-state index contributed by atoms with van der Waals surface area (Å²) in [6.45, 7) is 6.21. The number of ether oxygens (including phenoxy) is 1. The first-order valence-electron chi connectivity index (χ1n) is 13.5. The summed E-state index contributed by atoms with van der Waals surface area (Å²) in [4.78, 5) is 30.1. The predicted molar refractivity (Wildman–Crippen MR) is 155 cm³/mol. The molecule has 1 saturated heterocycles. The van der Waals surface area contributed by atoms with Gasteiger partial charge in [0.2, 0.25) is 0 Å². The van der Waals surface area contributed by atoms with E-state index in [1.807, 2.05) is 27.0 Å². The molecule has 10 nitrogen and oxygen atoms in total. The number of likely N-dealkylation sites (tertiary alicyclic amines) is 1. The van der Waals surface area contributed by atoms with Crippen molar-refractivity contribution in [2.75, 3.05) is 18.4 Å². The van der Waals surface area contributed by atoms with Gasteiger partial charge in [-0.1, -0.05) is 23.2 Å². The third kappa shape index (κ3) is 6.75. The van der Waals surface area contributed by atoms with Gasteiger partial charge in [0.15, 0.2) is 5.82 Å². The van der Waals surface area contributed by atoms with Crippen molar-refractivity contribution in [2.24, 2.45) is 0 Å². The summed E-state index contributed by atoms with van der Waals surface area (Å²) in [6.07, 6.45) is 0.638. The molecule has 0 atom stereocenters.